The average Bonchev–Trinajstić information content (AvgIpc) is 3.14. The fourth-order valence-corrected chi connectivity index (χ4v) is 8.31. The van der Waals surface area contributed by atoms with Crippen molar-refractivity contribution in [2.75, 3.05) is 13.2 Å². The van der Waals surface area contributed by atoms with Crippen LogP contribution >= 0.6 is 0 Å². The van der Waals surface area contributed by atoms with Crippen LogP contribution in [0.2, 0.25) is 0 Å². The zero-order valence-electron chi connectivity index (χ0n) is 21.2. The molecule has 180 valence electrons. The van der Waals surface area contributed by atoms with Crippen molar-refractivity contribution in [3.63, 3.8) is 0 Å². The molecule has 4 fully saturated rings. The number of hydrogen-bond donors (Lipinski definition) is 1. The topological polar surface area (TPSA) is 23.5 Å². The summed E-state index contributed by atoms with van der Waals surface area (Å²) in [5, 5.41) is 9.35. The summed E-state index contributed by atoms with van der Waals surface area (Å²) >= 11 is 0. The summed E-state index contributed by atoms with van der Waals surface area (Å²) in [5.74, 6) is 4.78. The van der Waals surface area contributed by atoms with E-state index in [1.54, 1.807) is 0 Å². The van der Waals surface area contributed by atoms with E-state index in [-0.39, 0.29) is 0 Å². The fourth-order valence-electron chi connectivity index (χ4n) is 8.31. The lowest BCUT2D eigenvalue weighted by Crippen LogP contribution is -2.45. The molecule has 1 saturated heterocycles. The molecule has 0 spiro atoms. The minimum absolute atomic E-state index is 0.388. The number of aliphatic hydroxyl groups excluding tert-OH is 1. The zero-order chi connectivity index (χ0) is 21.8. The Morgan fingerprint density at radius 2 is 1.52 bits per heavy atom. The van der Waals surface area contributed by atoms with Crippen molar-refractivity contribution in [3.8, 4) is 0 Å². The average molecular weight is 432 g/mol. The summed E-state index contributed by atoms with van der Waals surface area (Å²) in [6.07, 6.45) is 23.0. The predicted molar refractivity (Wildman–Crippen MR) is 132 cm³/mol. The molecule has 3 saturated carbocycles. The number of likely N-dealkylation sites (tertiary alicyclic amines) is 1. The summed E-state index contributed by atoms with van der Waals surface area (Å²) in [4.78, 5) is 3.07. The molecular weight excluding hydrogens is 378 g/mol. The monoisotopic (exact) mass is 431 g/mol. The summed E-state index contributed by atoms with van der Waals surface area (Å²) < 4.78 is 0. The number of rotatable bonds is 7. The van der Waals surface area contributed by atoms with Gasteiger partial charge in [-0.3, -0.25) is 4.90 Å². The Balaban J connectivity index is 1.37. The van der Waals surface area contributed by atoms with Gasteiger partial charge in [0.15, 0.2) is 0 Å². The molecule has 4 atom stereocenters. The molecule has 4 unspecified atom stereocenters. The number of nitrogens with zero attached hydrogens (tertiary/aromatic N) is 1. The largest absolute Gasteiger partial charge is 0.396 e. The second-order valence-electron chi connectivity index (χ2n) is 13.2. The van der Waals surface area contributed by atoms with Gasteiger partial charge in [-0.05, 0) is 99.2 Å². The SMILES string of the molecule is CC(C)(C)C1CCC(N2CC(CCC3CCCCC3)C3CC(CCCO)CCC32)CC1. The molecule has 2 nitrogen and oxygen atoms in total. The third-order valence-corrected chi connectivity index (χ3v) is 10.3. The summed E-state index contributed by atoms with van der Waals surface area (Å²) in [6, 6.07) is 1.76. The first kappa shape index (κ1) is 24.1. The van der Waals surface area contributed by atoms with Crippen LogP contribution in [-0.4, -0.2) is 35.2 Å². The molecule has 0 amide bonds. The van der Waals surface area contributed by atoms with E-state index in [1.807, 2.05) is 0 Å². The maximum Gasteiger partial charge on any atom is 0.0431 e. The highest BCUT2D eigenvalue weighted by atomic mass is 16.2. The first-order chi connectivity index (χ1) is 15.0. The van der Waals surface area contributed by atoms with Gasteiger partial charge >= 0.3 is 0 Å². The number of hydrogen-bond acceptors (Lipinski definition) is 2. The van der Waals surface area contributed by atoms with Crippen molar-refractivity contribution in [1.29, 1.82) is 0 Å². The Morgan fingerprint density at radius 3 is 2.19 bits per heavy atom. The summed E-state index contributed by atoms with van der Waals surface area (Å²) in [7, 11) is 0. The molecule has 0 bridgehead atoms. The highest BCUT2D eigenvalue weighted by Gasteiger charge is 2.47. The second-order valence-corrected chi connectivity index (χ2v) is 13.2. The van der Waals surface area contributed by atoms with Crippen molar-refractivity contribution in [2.45, 2.75) is 136 Å². The van der Waals surface area contributed by atoms with E-state index in [0.29, 0.717) is 12.0 Å². The Labute approximate surface area is 193 Å². The smallest absolute Gasteiger partial charge is 0.0431 e. The van der Waals surface area contributed by atoms with Crippen molar-refractivity contribution >= 4 is 0 Å². The van der Waals surface area contributed by atoms with Crippen LogP contribution in [0.3, 0.4) is 0 Å². The Bertz CT molecular complexity index is 525. The quantitative estimate of drug-likeness (QED) is 0.452. The van der Waals surface area contributed by atoms with E-state index in [4.69, 9.17) is 0 Å². The number of aliphatic hydroxyl groups is 1. The van der Waals surface area contributed by atoms with Crippen LogP contribution in [0.4, 0.5) is 0 Å². The molecule has 0 aromatic heterocycles. The van der Waals surface area contributed by atoms with Crippen LogP contribution in [0.25, 0.3) is 0 Å². The van der Waals surface area contributed by atoms with Crippen LogP contribution in [0.1, 0.15) is 124 Å². The molecule has 4 rings (SSSR count). The van der Waals surface area contributed by atoms with Gasteiger partial charge in [0.1, 0.15) is 0 Å². The lowest BCUT2D eigenvalue weighted by Gasteiger charge is -2.44. The molecule has 31 heavy (non-hydrogen) atoms. The van der Waals surface area contributed by atoms with Gasteiger partial charge in [-0.1, -0.05) is 59.3 Å². The van der Waals surface area contributed by atoms with Gasteiger partial charge in [-0.25, -0.2) is 0 Å². The van der Waals surface area contributed by atoms with Crippen LogP contribution < -0.4 is 0 Å². The first-order valence-electron chi connectivity index (χ1n) is 14.3. The zero-order valence-corrected chi connectivity index (χ0v) is 21.2. The minimum Gasteiger partial charge on any atom is -0.396 e. The Hall–Kier alpha value is -0.0800. The van der Waals surface area contributed by atoms with Crippen LogP contribution in [-0.2, 0) is 0 Å². The maximum absolute atomic E-state index is 9.35. The molecule has 1 N–H and O–H groups in total. The molecule has 3 aliphatic carbocycles. The van der Waals surface area contributed by atoms with Crippen molar-refractivity contribution in [1.82, 2.24) is 4.90 Å². The van der Waals surface area contributed by atoms with Crippen LogP contribution in [0, 0.1) is 35.0 Å². The Morgan fingerprint density at radius 1 is 0.774 bits per heavy atom. The molecule has 0 radical (unpaired) electrons. The Kier molecular flexibility index (Phi) is 8.46. The lowest BCUT2D eigenvalue weighted by atomic mass is 9.70. The highest BCUT2D eigenvalue weighted by Crippen LogP contribution is 2.49. The summed E-state index contributed by atoms with van der Waals surface area (Å²) in [5.41, 5.74) is 0.492. The van der Waals surface area contributed by atoms with Gasteiger partial charge < -0.3 is 5.11 Å². The minimum atomic E-state index is 0.388. The maximum atomic E-state index is 9.35. The molecule has 2 heteroatoms. The molecule has 1 aliphatic heterocycles. The van der Waals surface area contributed by atoms with Gasteiger partial charge in [-0.2, -0.15) is 0 Å². The van der Waals surface area contributed by atoms with E-state index >= 15 is 0 Å². The molecule has 0 aromatic carbocycles. The number of fused-ring (bicyclic) bond motifs is 1. The second kappa shape index (κ2) is 10.9. The third kappa shape index (κ3) is 6.08. The van der Waals surface area contributed by atoms with Crippen molar-refractivity contribution in [2.24, 2.45) is 35.0 Å². The standard InChI is InChI=1S/C29H53NO/c1-29(2,3)25-14-16-26(17-15-25)30-21-24(13-11-22-8-5-4-6-9-22)27-20-23(10-7-19-31)12-18-28(27)30/h22-28,31H,4-21H2,1-3H3. The van der Waals surface area contributed by atoms with E-state index in [2.05, 4.69) is 25.7 Å². The van der Waals surface area contributed by atoms with E-state index < -0.39 is 0 Å². The van der Waals surface area contributed by atoms with Gasteiger partial charge in [0.05, 0.1) is 0 Å². The van der Waals surface area contributed by atoms with E-state index in [9.17, 15) is 5.11 Å². The highest BCUT2D eigenvalue weighted by molar-refractivity contribution is 5.00. The third-order valence-electron chi connectivity index (χ3n) is 10.3. The molecule has 1 heterocycles. The van der Waals surface area contributed by atoms with Crippen molar-refractivity contribution < 1.29 is 5.11 Å². The molecule has 4 aliphatic rings. The van der Waals surface area contributed by atoms with Gasteiger partial charge in [0.2, 0.25) is 0 Å². The van der Waals surface area contributed by atoms with E-state index in [1.165, 1.54) is 103 Å². The normalized spacial score (nSPS) is 38.3. The summed E-state index contributed by atoms with van der Waals surface area (Å²) in [6.45, 7) is 9.18. The van der Waals surface area contributed by atoms with Crippen molar-refractivity contribution in [3.05, 3.63) is 0 Å². The lowest BCUT2D eigenvalue weighted by molar-refractivity contribution is 0.0609. The fraction of sp³-hybridized carbons (Fsp3) is 1.00. The van der Waals surface area contributed by atoms with Gasteiger partial charge in [0.25, 0.3) is 0 Å². The van der Waals surface area contributed by atoms with Gasteiger partial charge in [-0.15, -0.1) is 0 Å². The van der Waals surface area contributed by atoms with E-state index in [0.717, 1.165) is 48.1 Å². The van der Waals surface area contributed by atoms with Gasteiger partial charge in [0, 0.05) is 25.2 Å². The first-order valence-corrected chi connectivity index (χ1v) is 14.3. The molecule has 0 aromatic rings. The predicted octanol–water partition coefficient (Wildman–Crippen LogP) is 7.44. The molecular formula is C29H53NO. The van der Waals surface area contributed by atoms with Crippen LogP contribution in [0.15, 0.2) is 0 Å². The van der Waals surface area contributed by atoms with Crippen LogP contribution in [0.5, 0.6) is 0 Å².